The van der Waals surface area contributed by atoms with Crippen LogP contribution in [0.25, 0.3) is 0 Å². The molecule has 20 heavy (non-hydrogen) atoms. The van der Waals surface area contributed by atoms with Crippen LogP contribution in [0.4, 0.5) is 4.79 Å². The van der Waals surface area contributed by atoms with Gasteiger partial charge in [-0.15, -0.1) is 0 Å². The van der Waals surface area contributed by atoms with Gasteiger partial charge >= 0.3 is 12.0 Å². The molecule has 0 aliphatic rings. The molecule has 0 aliphatic carbocycles. The topological polar surface area (TPSA) is 133 Å². The highest BCUT2D eigenvalue weighted by molar-refractivity contribution is 7.90. The van der Waals surface area contributed by atoms with Gasteiger partial charge in [-0.2, -0.15) is 0 Å². The highest BCUT2D eigenvalue weighted by Crippen LogP contribution is 1.98. The molecule has 0 fully saturated rings. The van der Waals surface area contributed by atoms with Crippen molar-refractivity contribution >= 4 is 27.7 Å². The third-order valence-electron chi connectivity index (χ3n) is 2.38. The molecule has 0 aromatic carbocycles. The summed E-state index contributed by atoms with van der Waals surface area (Å²) < 4.78 is 22.0. The van der Waals surface area contributed by atoms with E-state index in [1.807, 2.05) is 0 Å². The first-order valence-corrected chi connectivity index (χ1v) is 7.75. The lowest BCUT2D eigenvalue weighted by atomic mass is 10.2. The normalized spacial score (nSPS) is 12.3. The van der Waals surface area contributed by atoms with E-state index >= 15 is 0 Å². The Morgan fingerprint density at radius 3 is 2.25 bits per heavy atom. The molecule has 1 atom stereocenters. The Bertz CT molecular complexity index is 475. The molecule has 0 aliphatic heterocycles. The predicted molar refractivity (Wildman–Crippen MR) is 71.0 cm³/mol. The number of nitrogens with one attached hydrogen (secondary N) is 2. The van der Waals surface area contributed by atoms with Gasteiger partial charge in [0, 0.05) is 20.4 Å². The Morgan fingerprint density at radius 1 is 1.30 bits per heavy atom. The average molecular weight is 309 g/mol. The average Bonchev–Trinajstić information content (AvgIpc) is 2.32. The molecule has 0 saturated heterocycles. The Balaban J connectivity index is 4.55. The van der Waals surface area contributed by atoms with Crippen molar-refractivity contribution in [2.24, 2.45) is 0 Å². The van der Waals surface area contributed by atoms with E-state index in [-0.39, 0.29) is 18.7 Å². The van der Waals surface area contributed by atoms with Crippen molar-refractivity contribution in [1.82, 2.24) is 15.5 Å². The van der Waals surface area contributed by atoms with E-state index in [2.05, 4.69) is 10.6 Å². The van der Waals surface area contributed by atoms with Gasteiger partial charge in [0.05, 0.1) is 5.75 Å². The van der Waals surface area contributed by atoms with E-state index in [4.69, 9.17) is 5.11 Å². The standard InChI is InChI=1S/C10H19N3O6S/c1-11-8(14)6-13(2)10(17)12-7(9(15)16)4-5-20(3,18)19/h7H,4-6H2,1-3H3,(H,11,14)(H,12,17)(H,15,16). The largest absolute Gasteiger partial charge is 0.480 e. The van der Waals surface area contributed by atoms with Gasteiger partial charge in [-0.05, 0) is 6.42 Å². The van der Waals surface area contributed by atoms with Gasteiger partial charge in [0.2, 0.25) is 5.91 Å². The highest BCUT2D eigenvalue weighted by Gasteiger charge is 2.23. The van der Waals surface area contributed by atoms with Gasteiger partial charge in [0.15, 0.2) is 0 Å². The number of rotatable bonds is 7. The molecule has 9 nitrogen and oxygen atoms in total. The smallest absolute Gasteiger partial charge is 0.326 e. The van der Waals surface area contributed by atoms with Crippen molar-refractivity contribution in [2.45, 2.75) is 12.5 Å². The first-order valence-electron chi connectivity index (χ1n) is 5.69. The minimum atomic E-state index is -3.32. The van der Waals surface area contributed by atoms with Crippen LogP contribution < -0.4 is 10.6 Å². The maximum absolute atomic E-state index is 11.7. The molecule has 0 saturated carbocycles. The van der Waals surface area contributed by atoms with Crippen LogP contribution in [0.1, 0.15) is 6.42 Å². The Labute approximate surface area is 117 Å². The highest BCUT2D eigenvalue weighted by atomic mass is 32.2. The molecular formula is C10H19N3O6S. The van der Waals surface area contributed by atoms with E-state index in [9.17, 15) is 22.8 Å². The van der Waals surface area contributed by atoms with E-state index in [0.29, 0.717) is 0 Å². The van der Waals surface area contributed by atoms with Gasteiger partial charge in [-0.1, -0.05) is 0 Å². The Morgan fingerprint density at radius 2 is 1.85 bits per heavy atom. The number of nitrogens with zero attached hydrogens (tertiary/aromatic N) is 1. The van der Waals surface area contributed by atoms with Crippen molar-refractivity contribution in [3.63, 3.8) is 0 Å². The zero-order chi connectivity index (χ0) is 15.9. The van der Waals surface area contributed by atoms with E-state index in [1.165, 1.54) is 14.1 Å². The summed E-state index contributed by atoms with van der Waals surface area (Å²) in [5, 5.41) is 13.4. The van der Waals surface area contributed by atoms with E-state index < -0.39 is 33.8 Å². The molecule has 10 heteroatoms. The molecule has 0 heterocycles. The van der Waals surface area contributed by atoms with Crippen molar-refractivity contribution < 1.29 is 27.9 Å². The lowest BCUT2D eigenvalue weighted by molar-refractivity contribution is -0.139. The van der Waals surface area contributed by atoms with E-state index in [0.717, 1.165) is 11.2 Å². The molecule has 0 rings (SSSR count). The Kier molecular flexibility index (Phi) is 6.97. The van der Waals surface area contributed by atoms with Crippen LogP contribution in [0.2, 0.25) is 0 Å². The fourth-order valence-corrected chi connectivity index (χ4v) is 1.88. The third-order valence-corrected chi connectivity index (χ3v) is 3.36. The molecule has 0 radical (unpaired) electrons. The molecule has 0 spiro atoms. The molecular weight excluding hydrogens is 290 g/mol. The number of carboxylic acid groups (broad SMARTS) is 1. The van der Waals surface area contributed by atoms with Crippen molar-refractivity contribution in [3.8, 4) is 0 Å². The van der Waals surface area contributed by atoms with Crippen LogP contribution in [0.3, 0.4) is 0 Å². The van der Waals surface area contributed by atoms with Crippen LogP contribution in [-0.4, -0.2) is 75.0 Å². The lowest BCUT2D eigenvalue weighted by Crippen LogP contribution is -2.49. The second-order valence-corrected chi connectivity index (χ2v) is 6.55. The number of hydrogen-bond acceptors (Lipinski definition) is 5. The van der Waals surface area contributed by atoms with Crippen LogP contribution in [-0.2, 0) is 19.4 Å². The monoisotopic (exact) mass is 309 g/mol. The lowest BCUT2D eigenvalue weighted by Gasteiger charge is -2.20. The van der Waals surface area contributed by atoms with Gasteiger partial charge in [0.1, 0.15) is 22.4 Å². The molecule has 0 bridgehead atoms. The summed E-state index contributed by atoms with van der Waals surface area (Å²) in [6, 6.07) is -2.10. The molecule has 0 aromatic rings. The quantitative estimate of drug-likeness (QED) is 0.511. The van der Waals surface area contributed by atoms with Crippen LogP contribution in [0.5, 0.6) is 0 Å². The fourth-order valence-electron chi connectivity index (χ4n) is 1.21. The summed E-state index contributed by atoms with van der Waals surface area (Å²) in [6.07, 6.45) is 0.735. The number of urea groups is 1. The maximum Gasteiger partial charge on any atom is 0.326 e. The summed E-state index contributed by atoms with van der Waals surface area (Å²) in [7, 11) is -0.602. The summed E-state index contributed by atoms with van der Waals surface area (Å²) in [4.78, 5) is 34.7. The van der Waals surface area contributed by atoms with Gasteiger partial charge in [0.25, 0.3) is 0 Å². The minimum absolute atomic E-state index is 0.235. The molecule has 116 valence electrons. The van der Waals surface area contributed by atoms with Crippen molar-refractivity contribution in [1.29, 1.82) is 0 Å². The van der Waals surface area contributed by atoms with Gasteiger partial charge < -0.3 is 20.6 Å². The number of carbonyl (C=O) groups excluding carboxylic acids is 2. The van der Waals surface area contributed by atoms with Crippen LogP contribution in [0.15, 0.2) is 0 Å². The number of carboxylic acids is 1. The minimum Gasteiger partial charge on any atom is -0.480 e. The first kappa shape index (κ1) is 18.2. The number of sulfone groups is 1. The number of carbonyl (C=O) groups is 3. The number of amides is 3. The number of aliphatic carboxylic acids is 1. The predicted octanol–water partition coefficient (Wildman–Crippen LogP) is -1.74. The van der Waals surface area contributed by atoms with Gasteiger partial charge in [-0.25, -0.2) is 18.0 Å². The molecule has 0 aromatic heterocycles. The van der Waals surface area contributed by atoms with Crippen LogP contribution >= 0.6 is 0 Å². The Hall–Kier alpha value is -1.84. The zero-order valence-corrected chi connectivity index (χ0v) is 12.4. The number of likely N-dealkylation sites (N-methyl/N-ethyl adjacent to an activating group) is 2. The van der Waals surface area contributed by atoms with Crippen LogP contribution in [0, 0.1) is 0 Å². The third kappa shape index (κ3) is 7.56. The second kappa shape index (κ2) is 7.68. The van der Waals surface area contributed by atoms with E-state index in [1.54, 1.807) is 0 Å². The molecule has 3 amide bonds. The summed E-state index contributed by atoms with van der Waals surface area (Å²) >= 11 is 0. The van der Waals surface area contributed by atoms with Gasteiger partial charge in [-0.3, -0.25) is 4.79 Å². The van der Waals surface area contributed by atoms with Crippen molar-refractivity contribution in [2.75, 3.05) is 32.6 Å². The second-order valence-electron chi connectivity index (χ2n) is 4.29. The maximum atomic E-state index is 11.7. The summed E-state index contributed by atoms with van der Waals surface area (Å²) in [6.45, 7) is -0.235. The summed E-state index contributed by atoms with van der Waals surface area (Å²) in [5.41, 5.74) is 0. The fraction of sp³-hybridized carbons (Fsp3) is 0.700. The summed E-state index contributed by atoms with van der Waals surface area (Å²) in [5.74, 6) is -2.11. The molecule has 1 unspecified atom stereocenters. The SMILES string of the molecule is CNC(=O)CN(C)C(=O)NC(CCS(C)(=O)=O)C(=O)O. The zero-order valence-electron chi connectivity index (χ0n) is 11.5. The van der Waals surface area contributed by atoms with Crippen molar-refractivity contribution in [3.05, 3.63) is 0 Å². The number of hydrogen-bond donors (Lipinski definition) is 3. The first-order chi connectivity index (χ1) is 9.06. The molecule has 3 N–H and O–H groups in total.